The quantitative estimate of drug-likeness (QED) is 0.437. The number of benzene rings is 2. The molecule has 1 saturated heterocycles. The monoisotopic (exact) mass is 504 g/mol. The first-order valence-electron chi connectivity index (χ1n) is 11.0. The van der Waals surface area contributed by atoms with E-state index in [1.165, 1.54) is 32.0 Å². The van der Waals surface area contributed by atoms with Crippen molar-refractivity contribution >= 4 is 29.2 Å². The van der Waals surface area contributed by atoms with Crippen LogP contribution in [0.2, 0.25) is 0 Å². The number of nitrogens with one attached hydrogen (secondary N) is 1. The number of nitrogens with zero attached hydrogens (tertiary/aromatic N) is 3. The van der Waals surface area contributed by atoms with E-state index in [1.54, 1.807) is 13.8 Å². The third-order valence-corrected chi connectivity index (χ3v) is 6.15. The lowest BCUT2D eigenvalue weighted by molar-refractivity contribution is -0.137. The normalized spacial score (nSPS) is 15.8. The fourth-order valence-corrected chi connectivity index (χ4v) is 3.75. The number of imide groups is 1. The maximum absolute atomic E-state index is 14.9. The van der Waals surface area contributed by atoms with Crippen molar-refractivity contribution in [3.8, 4) is 6.07 Å². The van der Waals surface area contributed by atoms with Crippen molar-refractivity contribution in [2.24, 2.45) is 0 Å². The predicted octanol–water partition coefficient (Wildman–Crippen LogP) is 5.39. The number of hydrogen-bond acceptors (Lipinski definition) is 4. The largest absolute Gasteiger partial charge is 0.417 e. The Labute approximate surface area is 205 Å². The molecule has 190 valence electrons. The Bertz CT molecular complexity index is 1300. The molecule has 11 heteroatoms. The van der Waals surface area contributed by atoms with Gasteiger partial charge in [0.15, 0.2) is 0 Å². The molecular formula is C25H24F4N4O3. The summed E-state index contributed by atoms with van der Waals surface area (Å²) in [5, 5.41) is 11.7. The van der Waals surface area contributed by atoms with Gasteiger partial charge < -0.3 is 5.32 Å². The van der Waals surface area contributed by atoms with Crippen LogP contribution in [0.3, 0.4) is 0 Å². The Hall–Kier alpha value is -3.94. The van der Waals surface area contributed by atoms with Gasteiger partial charge in [0.2, 0.25) is 0 Å². The van der Waals surface area contributed by atoms with Crippen molar-refractivity contribution in [2.75, 3.05) is 9.80 Å². The van der Waals surface area contributed by atoms with E-state index in [1.807, 2.05) is 6.92 Å². The van der Waals surface area contributed by atoms with Crippen LogP contribution in [-0.4, -0.2) is 28.9 Å². The van der Waals surface area contributed by atoms with E-state index in [9.17, 15) is 31.9 Å². The van der Waals surface area contributed by atoms with Crippen molar-refractivity contribution in [3.63, 3.8) is 0 Å². The zero-order valence-corrected chi connectivity index (χ0v) is 20.2. The van der Waals surface area contributed by atoms with Crippen LogP contribution in [0.4, 0.5) is 33.7 Å². The second kappa shape index (κ2) is 8.93. The second-order valence-corrected chi connectivity index (χ2v) is 9.51. The third kappa shape index (κ3) is 4.63. The standard InChI is InChI=1S/C25H24F4N4O3/c1-6-23(2,3)31-20(34)17-10-9-16(12-19(17)26)33-22(36)32(21(35)24(33,4)5)15-8-7-14(13-30)18(11-15)25(27,28)29/h7-12H,6H2,1-5H3,(H,31,34). The zero-order valence-electron chi connectivity index (χ0n) is 20.2. The average molecular weight is 504 g/mol. The van der Waals surface area contributed by atoms with Crippen LogP contribution in [0.15, 0.2) is 36.4 Å². The molecule has 0 bridgehead atoms. The molecule has 0 unspecified atom stereocenters. The Balaban J connectivity index is 2.02. The average Bonchev–Trinajstić information content (AvgIpc) is 2.95. The van der Waals surface area contributed by atoms with Crippen LogP contribution in [0, 0.1) is 17.1 Å². The van der Waals surface area contributed by atoms with Crippen molar-refractivity contribution in [2.45, 2.75) is 58.3 Å². The Morgan fingerprint density at radius 3 is 2.22 bits per heavy atom. The first-order chi connectivity index (χ1) is 16.5. The fraction of sp³-hybridized carbons (Fsp3) is 0.360. The number of rotatable bonds is 5. The second-order valence-electron chi connectivity index (χ2n) is 9.51. The molecule has 0 aliphatic carbocycles. The fourth-order valence-electron chi connectivity index (χ4n) is 3.75. The van der Waals surface area contributed by atoms with Crippen LogP contribution in [-0.2, 0) is 11.0 Å². The number of urea groups is 1. The van der Waals surface area contributed by atoms with Gasteiger partial charge in [-0.2, -0.15) is 18.4 Å². The van der Waals surface area contributed by atoms with Gasteiger partial charge in [-0.3, -0.25) is 14.5 Å². The van der Waals surface area contributed by atoms with Crippen molar-refractivity contribution < 1.29 is 31.9 Å². The molecule has 0 aromatic heterocycles. The van der Waals surface area contributed by atoms with Crippen LogP contribution < -0.4 is 15.1 Å². The molecule has 4 amide bonds. The topological polar surface area (TPSA) is 93.5 Å². The van der Waals surface area contributed by atoms with Crippen molar-refractivity contribution in [1.82, 2.24) is 5.32 Å². The lowest BCUT2D eigenvalue weighted by Gasteiger charge is -2.28. The van der Waals surface area contributed by atoms with Crippen LogP contribution in [0.25, 0.3) is 0 Å². The summed E-state index contributed by atoms with van der Waals surface area (Å²) >= 11 is 0. The Morgan fingerprint density at radius 1 is 1.08 bits per heavy atom. The van der Waals surface area contributed by atoms with Crippen LogP contribution in [0.1, 0.15) is 62.5 Å². The zero-order chi connectivity index (χ0) is 27.2. The summed E-state index contributed by atoms with van der Waals surface area (Å²) in [6.45, 7) is 8.13. The molecule has 3 rings (SSSR count). The summed E-state index contributed by atoms with van der Waals surface area (Å²) in [6.07, 6.45) is -4.30. The first kappa shape index (κ1) is 26.7. The SMILES string of the molecule is CCC(C)(C)NC(=O)c1ccc(N2C(=O)N(c3ccc(C#N)c(C(F)(F)F)c3)C(=O)C2(C)C)cc1F. The van der Waals surface area contributed by atoms with Crippen LogP contribution >= 0.6 is 0 Å². The summed E-state index contributed by atoms with van der Waals surface area (Å²) in [6, 6.07) is 6.30. The number of halogens is 4. The molecule has 1 N–H and O–H groups in total. The van der Waals surface area contributed by atoms with Gasteiger partial charge in [-0.1, -0.05) is 6.92 Å². The van der Waals surface area contributed by atoms with Gasteiger partial charge >= 0.3 is 12.2 Å². The number of nitriles is 1. The van der Waals surface area contributed by atoms with Gasteiger partial charge in [-0.15, -0.1) is 0 Å². The molecule has 0 saturated carbocycles. The van der Waals surface area contributed by atoms with Gasteiger partial charge in [-0.05, 0) is 70.5 Å². The number of alkyl halides is 3. The predicted molar refractivity (Wildman–Crippen MR) is 124 cm³/mol. The Kier molecular flexibility index (Phi) is 6.61. The molecule has 0 radical (unpaired) electrons. The summed E-state index contributed by atoms with van der Waals surface area (Å²) in [4.78, 5) is 40.4. The molecule has 7 nitrogen and oxygen atoms in total. The van der Waals surface area contributed by atoms with E-state index < -0.39 is 52.0 Å². The molecule has 2 aromatic rings. The van der Waals surface area contributed by atoms with E-state index in [4.69, 9.17) is 5.26 Å². The molecule has 1 aliphatic heterocycles. The van der Waals surface area contributed by atoms with E-state index >= 15 is 0 Å². The highest BCUT2D eigenvalue weighted by Gasteiger charge is 2.53. The summed E-state index contributed by atoms with van der Waals surface area (Å²) in [5.74, 6) is -2.45. The van der Waals surface area contributed by atoms with Gasteiger partial charge in [0.05, 0.1) is 28.4 Å². The van der Waals surface area contributed by atoms with Crippen molar-refractivity contribution in [3.05, 3.63) is 58.9 Å². The van der Waals surface area contributed by atoms with Crippen molar-refractivity contribution in [1.29, 1.82) is 5.26 Å². The number of amides is 4. The molecule has 1 aliphatic rings. The third-order valence-electron chi connectivity index (χ3n) is 6.15. The minimum atomic E-state index is -4.89. The lowest BCUT2D eigenvalue weighted by Crippen LogP contribution is -2.44. The van der Waals surface area contributed by atoms with E-state index in [0.29, 0.717) is 17.4 Å². The molecule has 36 heavy (non-hydrogen) atoms. The molecular weight excluding hydrogens is 480 g/mol. The highest BCUT2D eigenvalue weighted by atomic mass is 19.4. The number of carbonyl (C=O) groups excluding carboxylic acids is 3. The Morgan fingerprint density at radius 2 is 1.69 bits per heavy atom. The van der Waals surface area contributed by atoms with E-state index in [2.05, 4.69) is 5.32 Å². The summed E-state index contributed by atoms with van der Waals surface area (Å²) < 4.78 is 55.3. The highest BCUT2D eigenvalue weighted by Crippen LogP contribution is 2.39. The van der Waals surface area contributed by atoms with E-state index in [-0.39, 0.29) is 16.9 Å². The molecule has 2 aromatic carbocycles. The summed E-state index contributed by atoms with van der Waals surface area (Å²) in [7, 11) is 0. The van der Waals surface area contributed by atoms with Gasteiger partial charge in [0.1, 0.15) is 11.4 Å². The molecule has 0 spiro atoms. The molecule has 1 heterocycles. The first-order valence-corrected chi connectivity index (χ1v) is 11.0. The lowest BCUT2D eigenvalue weighted by atomic mass is 10.0. The van der Waals surface area contributed by atoms with Gasteiger partial charge in [0, 0.05) is 11.2 Å². The maximum Gasteiger partial charge on any atom is 0.417 e. The minimum absolute atomic E-state index is 0.0608. The maximum atomic E-state index is 14.9. The van der Waals surface area contributed by atoms with Gasteiger partial charge in [-0.25, -0.2) is 14.1 Å². The van der Waals surface area contributed by atoms with Crippen LogP contribution in [0.5, 0.6) is 0 Å². The minimum Gasteiger partial charge on any atom is -0.347 e. The highest BCUT2D eigenvalue weighted by molar-refractivity contribution is 6.30. The smallest absolute Gasteiger partial charge is 0.347 e. The number of anilines is 2. The molecule has 0 atom stereocenters. The van der Waals surface area contributed by atoms with Gasteiger partial charge in [0.25, 0.3) is 11.8 Å². The molecule has 1 fully saturated rings. The number of carbonyl (C=O) groups is 3. The number of hydrogen-bond donors (Lipinski definition) is 1. The van der Waals surface area contributed by atoms with E-state index in [0.717, 1.165) is 23.1 Å². The summed E-state index contributed by atoms with van der Waals surface area (Å²) in [5.41, 5.74) is -4.85.